The lowest BCUT2D eigenvalue weighted by Crippen LogP contribution is -2.31. The number of thiophene rings is 1. The first-order valence-corrected chi connectivity index (χ1v) is 10.1. The van der Waals surface area contributed by atoms with Gasteiger partial charge in [-0.05, 0) is 48.2 Å². The number of carbonyl (C=O) groups is 2. The zero-order valence-electron chi connectivity index (χ0n) is 15.0. The van der Waals surface area contributed by atoms with E-state index in [0.717, 1.165) is 10.0 Å². The Balaban J connectivity index is 1.81. The van der Waals surface area contributed by atoms with Gasteiger partial charge in [0.15, 0.2) is 0 Å². The molecule has 0 aliphatic rings. The molecule has 2 aromatic carbocycles. The summed E-state index contributed by atoms with van der Waals surface area (Å²) in [5.41, 5.74) is 2.05. The molecular formula is C21H19BrN2O2S. The second kappa shape index (κ2) is 8.50. The van der Waals surface area contributed by atoms with Gasteiger partial charge in [0.2, 0.25) is 0 Å². The van der Waals surface area contributed by atoms with Crippen molar-refractivity contribution in [3.8, 4) is 0 Å². The average molecular weight is 443 g/mol. The van der Waals surface area contributed by atoms with E-state index in [9.17, 15) is 9.59 Å². The third-order valence-electron chi connectivity index (χ3n) is 4.26. The second-order valence-electron chi connectivity index (χ2n) is 6.11. The second-order valence-corrected chi connectivity index (χ2v) is 7.97. The Bertz CT molecular complexity index is 939. The molecule has 1 atom stereocenters. The highest BCUT2D eigenvalue weighted by Gasteiger charge is 2.21. The van der Waals surface area contributed by atoms with E-state index in [0.29, 0.717) is 16.1 Å². The van der Waals surface area contributed by atoms with Gasteiger partial charge in [-0.3, -0.25) is 9.59 Å². The minimum atomic E-state index is -0.216. The number of amides is 2. The van der Waals surface area contributed by atoms with Crippen molar-refractivity contribution in [3.05, 3.63) is 86.5 Å². The molecular weight excluding hydrogens is 424 g/mol. The third kappa shape index (κ3) is 4.46. The van der Waals surface area contributed by atoms with E-state index in [1.165, 1.54) is 16.2 Å². The lowest BCUT2D eigenvalue weighted by molar-refractivity contribution is 0.0940. The first-order valence-electron chi connectivity index (χ1n) is 8.44. The zero-order chi connectivity index (χ0) is 19.4. The van der Waals surface area contributed by atoms with Gasteiger partial charge in [-0.15, -0.1) is 11.3 Å². The van der Waals surface area contributed by atoms with Crippen molar-refractivity contribution in [3.63, 3.8) is 0 Å². The Hall–Kier alpha value is -2.44. The van der Waals surface area contributed by atoms with E-state index >= 15 is 0 Å². The summed E-state index contributed by atoms with van der Waals surface area (Å²) in [5.74, 6) is -0.349. The monoisotopic (exact) mass is 442 g/mol. The molecule has 0 saturated heterocycles. The van der Waals surface area contributed by atoms with Crippen molar-refractivity contribution in [1.82, 2.24) is 5.32 Å². The topological polar surface area (TPSA) is 49.4 Å². The number of halogens is 1. The van der Waals surface area contributed by atoms with Crippen molar-refractivity contribution in [2.45, 2.75) is 13.0 Å². The van der Waals surface area contributed by atoms with Crippen LogP contribution >= 0.6 is 27.3 Å². The highest BCUT2D eigenvalue weighted by atomic mass is 79.9. The van der Waals surface area contributed by atoms with Crippen molar-refractivity contribution in [1.29, 1.82) is 0 Å². The van der Waals surface area contributed by atoms with Gasteiger partial charge < -0.3 is 10.2 Å². The van der Waals surface area contributed by atoms with E-state index in [1.807, 2.05) is 48.7 Å². The van der Waals surface area contributed by atoms with Crippen LogP contribution in [0.25, 0.3) is 0 Å². The molecule has 0 aliphatic carbocycles. The summed E-state index contributed by atoms with van der Waals surface area (Å²) >= 11 is 4.80. The van der Waals surface area contributed by atoms with Crippen molar-refractivity contribution >= 4 is 44.8 Å². The van der Waals surface area contributed by atoms with Crippen molar-refractivity contribution in [2.24, 2.45) is 0 Å². The normalized spacial score (nSPS) is 11.7. The minimum Gasteiger partial charge on any atom is -0.345 e. The predicted octanol–water partition coefficient (Wildman–Crippen LogP) is 5.28. The SMILES string of the molecule is C[C@H](NC(=O)c1ccccc1N(C)C(=O)c1cccs1)c1ccc(Br)cc1. The molecule has 3 rings (SSSR count). The van der Waals surface area contributed by atoms with Gasteiger partial charge in [0.1, 0.15) is 0 Å². The lowest BCUT2D eigenvalue weighted by Gasteiger charge is -2.21. The van der Waals surface area contributed by atoms with Crippen LogP contribution in [0, 0.1) is 0 Å². The maximum absolute atomic E-state index is 12.9. The maximum atomic E-state index is 12.9. The summed E-state index contributed by atoms with van der Waals surface area (Å²) in [4.78, 5) is 27.7. The molecule has 1 N–H and O–H groups in total. The van der Waals surface area contributed by atoms with E-state index in [-0.39, 0.29) is 17.9 Å². The van der Waals surface area contributed by atoms with E-state index < -0.39 is 0 Å². The predicted molar refractivity (Wildman–Crippen MR) is 114 cm³/mol. The van der Waals surface area contributed by atoms with Gasteiger partial charge in [0.25, 0.3) is 11.8 Å². The number of nitrogens with one attached hydrogen (secondary N) is 1. The molecule has 1 heterocycles. The quantitative estimate of drug-likeness (QED) is 0.584. The molecule has 27 heavy (non-hydrogen) atoms. The number of rotatable bonds is 5. The fraction of sp³-hybridized carbons (Fsp3) is 0.143. The minimum absolute atomic E-state index is 0.133. The summed E-state index contributed by atoms with van der Waals surface area (Å²) in [6, 6.07) is 18.4. The average Bonchev–Trinajstić information content (AvgIpc) is 3.22. The fourth-order valence-corrected chi connectivity index (χ4v) is 3.71. The summed E-state index contributed by atoms with van der Waals surface area (Å²) in [6.45, 7) is 1.93. The Kier molecular flexibility index (Phi) is 6.08. The number of hydrogen-bond donors (Lipinski definition) is 1. The number of para-hydroxylation sites is 1. The van der Waals surface area contributed by atoms with Crippen LogP contribution in [0.15, 0.2) is 70.5 Å². The fourth-order valence-electron chi connectivity index (χ4n) is 2.74. The number of hydrogen-bond acceptors (Lipinski definition) is 3. The van der Waals surface area contributed by atoms with Crippen LogP contribution in [0.3, 0.4) is 0 Å². The first-order chi connectivity index (χ1) is 13.0. The standard InChI is InChI=1S/C21H19BrN2O2S/c1-14(15-9-11-16(22)12-10-15)23-20(25)17-6-3-4-7-18(17)24(2)21(26)19-8-5-13-27-19/h3-14H,1-2H3,(H,23,25)/t14-/m0/s1. The largest absolute Gasteiger partial charge is 0.345 e. The van der Waals surface area contributed by atoms with E-state index in [1.54, 1.807) is 31.3 Å². The molecule has 0 bridgehead atoms. The van der Waals surface area contributed by atoms with Crippen LogP contribution < -0.4 is 10.2 Å². The van der Waals surface area contributed by atoms with E-state index in [4.69, 9.17) is 0 Å². The number of benzene rings is 2. The van der Waals surface area contributed by atoms with Gasteiger partial charge in [0, 0.05) is 11.5 Å². The van der Waals surface area contributed by atoms with Gasteiger partial charge in [0.05, 0.1) is 22.2 Å². The maximum Gasteiger partial charge on any atom is 0.268 e. The lowest BCUT2D eigenvalue weighted by atomic mass is 10.1. The molecule has 0 saturated carbocycles. The number of nitrogens with zero attached hydrogens (tertiary/aromatic N) is 1. The summed E-state index contributed by atoms with van der Waals surface area (Å²) < 4.78 is 0.990. The molecule has 2 amide bonds. The Morgan fingerprint density at radius 1 is 1.04 bits per heavy atom. The summed E-state index contributed by atoms with van der Waals surface area (Å²) in [7, 11) is 1.69. The van der Waals surface area contributed by atoms with Crippen LogP contribution in [-0.4, -0.2) is 18.9 Å². The molecule has 138 valence electrons. The van der Waals surface area contributed by atoms with Crippen LogP contribution in [0.2, 0.25) is 0 Å². The van der Waals surface area contributed by atoms with Gasteiger partial charge >= 0.3 is 0 Å². The molecule has 0 spiro atoms. The Morgan fingerprint density at radius 2 is 1.74 bits per heavy atom. The molecule has 1 aromatic heterocycles. The molecule has 3 aromatic rings. The zero-order valence-corrected chi connectivity index (χ0v) is 17.4. The molecule has 6 heteroatoms. The highest BCUT2D eigenvalue weighted by Crippen LogP contribution is 2.24. The molecule has 0 aliphatic heterocycles. The number of carbonyl (C=O) groups excluding carboxylic acids is 2. The molecule has 4 nitrogen and oxygen atoms in total. The highest BCUT2D eigenvalue weighted by molar-refractivity contribution is 9.10. The molecule has 0 unspecified atom stereocenters. The Morgan fingerprint density at radius 3 is 2.41 bits per heavy atom. The summed E-state index contributed by atoms with van der Waals surface area (Å²) in [5, 5.41) is 4.87. The van der Waals surface area contributed by atoms with Gasteiger partial charge in [-0.1, -0.05) is 46.3 Å². The summed E-state index contributed by atoms with van der Waals surface area (Å²) in [6.07, 6.45) is 0. The van der Waals surface area contributed by atoms with Crippen molar-refractivity contribution in [2.75, 3.05) is 11.9 Å². The Labute approximate surface area is 171 Å². The van der Waals surface area contributed by atoms with Crippen LogP contribution in [0.1, 0.15) is 38.6 Å². The first kappa shape index (κ1) is 19.3. The van der Waals surface area contributed by atoms with Crippen LogP contribution in [-0.2, 0) is 0 Å². The third-order valence-corrected chi connectivity index (χ3v) is 5.65. The van der Waals surface area contributed by atoms with Gasteiger partial charge in [-0.25, -0.2) is 0 Å². The van der Waals surface area contributed by atoms with Crippen LogP contribution in [0.4, 0.5) is 5.69 Å². The molecule has 0 radical (unpaired) electrons. The number of anilines is 1. The molecule has 0 fully saturated rings. The van der Waals surface area contributed by atoms with Crippen molar-refractivity contribution < 1.29 is 9.59 Å². The van der Waals surface area contributed by atoms with E-state index in [2.05, 4.69) is 21.2 Å². The van der Waals surface area contributed by atoms with Crippen LogP contribution in [0.5, 0.6) is 0 Å². The smallest absolute Gasteiger partial charge is 0.268 e. The van der Waals surface area contributed by atoms with Gasteiger partial charge in [-0.2, -0.15) is 0 Å².